The van der Waals surface area contributed by atoms with Crippen molar-refractivity contribution in [2.24, 2.45) is 5.73 Å². The molecule has 0 spiro atoms. The zero-order valence-corrected chi connectivity index (χ0v) is 19.4. The van der Waals surface area contributed by atoms with E-state index in [0.29, 0.717) is 5.56 Å². The zero-order chi connectivity index (χ0) is 25.5. The monoisotopic (exact) mass is 479 g/mol. The van der Waals surface area contributed by atoms with E-state index in [4.69, 9.17) is 5.73 Å². The van der Waals surface area contributed by atoms with Crippen LogP contribution in [0.3, 0.4) is 0 Å². The van der Waals surface area contributed by atoms with Crippen molar-refractivity contribution in [3.05, 3.63) is 148 Å². The molecule has 36 heavy (non-hydrogen) atoms. The average molecular weight is 480 g/mol. The maximum Gasteiger partial charge on any atom is 0.269 e. The molecule has 0 aromatic heterocycles. The Hall–Kier alpha value is -4.78. The number of benzene rings is 4. The molecule has 0 aliphatic heterocycles. The fourth-order valence-corrected chi connectivity index (χ4v) is 4.44. The van der Waals surface area contributed by atoms with Crippen LogP contribution >= 0.6 is 0 Å². The molecule has 7 heteroatoms. The van der Waals surface area contributed by atoms with Crippen molar-refractivity contribution in [2.75, 3.05) is 0 Å². The molecule has 4 aromatic rings. The molecule has 7 nitrogen and oxygen atoms in total. The number of carbonyl (C=O) groups is 2. The molecule has 0 aliphatic carbocycles. The van der Waals surface area contributed by atoms with Gasteiger partial charge in [-0.15, -0.1) is 0 Å². The first-order valence-electron chi connectivity index (χ1n) is 11.4. The number of carbonyl (C=O) groups excluding carboxylic acids is 2. The lowest BCUT2D eigenvalue weighted by atomic mass is 9.68. The van der Waals surface area contributed by atoms with Crippen LogP contribution in [0.15, 0.2) is 115 Å². The van der Waals surface area contributed by atoms with Crippen molar-refractivity contribution in [1.29, 1.82) is 0 Å². The minimum atomic E-state index is -1.26. The number of nitrogens with one attached hydrogen (secondary N) is 1. The van der Waals surface area contributed by atoms with Gasteiger partial charge in [0.15, 0.2) is 0 Å². The van der Waals surface area contributed by atoms with E-state index in [0.717, 1.165) is 16.7 Å². The Morgan fingerprint density at radius 2 is 1.17 bits per heavy atom. The lowest BCUT2D eigenvalue weighted by Crippen LogP contribution is -2.54. The Balaban J connectivity index is 1.79. The summed E-state index contributed by atoms with van der Waals surface area (Å²) in [4.78, 5) is 37.2. The standard InChI is InChI=1S/C29H25N3O4/c30-27(33)26(20-21-16-18-25(19-17-21)32(35)36)31-28(34)29(22-10-4-1-5-11-22,23-12-6-2-7-13-23)24-14-8-3-9-15-24/h1-19,26H,20H2,(H2,30,33)(H,31,34)/t26-/m1/s1. The van der Waals surface area contributed by atoms with Crippen LogP contribution in [0, 0.1) is 10.1 Å². The molecule has 0 radical (unpaired) electrons. The van der Waals surface area contributed by atoms with E-state index < -0.39 is 28.2 Å². The SMILES string of the molecule is NC(=O)[C@@H](Cc1ccc([N+](=O)[O-])cc1)NC(=O)C(c1ccccc1)(c1ccccc1)c1ccccc1. The summed E-state index contributed by atoms with van der Waals surface area (Å²) in [5.74, 6) is -1.11. The van der Waals surface area contributed by atoms with Crippen LogP contribution in [-0.2, 0) is 21.4 Å². The van der Waals surface area contributed by atoms with Crippen LogP contribution in [0.2, 0.25) is 0 Å². The van der Waals surface area contributed by atoms with Crippen LogP contribution in [0.1, 0.15) is 22.3 Å². The first-order chi connectivity index (χ1) is 17.4. The summed E-state index contributed by atoms with van der Waals surface area (Å²) in [6, 6.07) is 32.9. The molecule has 0 fully saturated rings. The highest BCUT2D eigenvalue weighted by Gasteiger charge is 2.44. The first-order valence-corrected chi connectivity index (χ1v) is 11.4. The van der Waals surface area contributed by atoms with E-state index in [2.05, 4.69) is 5.32 Å². The van der Waals surface area contributed by atoms with Gasteiger partial charge in [0.25, 0.3) is 5.69 Å². The van der Waals surface area contributed by atoms with E-state index in [9.17, 15) is 19.7 Å². The third kappa shape index (κ3) is 4.86. The fourth-order valence-electron chi connectivity index (χ4n) is 4.44. The maximum absolute atomic E-state index is 14.3. The van der Waals surface area contributed by atoms with Gasteiger partial charge < -0.3 is 11.1 Å². The Labute approximate surface area is 208 Å². The van der Waals surface area contributed by atoms with Crippen molar-refractivity contribution in [3.8, 4) is 0 Å². The van der Waals surface area contributed by atoms with E-state index in [-0.39, 0.29) is 12.1 Å². The molecule has 0 saturated heterocycles. The van der Waals surface area contributed by atoms with Gasteiger partial charge >= 0.3 is 0 Å². The van der Waals surface area contributed by atoms with E-state index in [1.54, 1.807) is 12.1 Å². The zero-order valence-electron chi connectivity index (χ0n) is 19.4. The van der Waals surface area contributed by atoms with Crippen LogP contribution in [0.25, 0.3) is 0 Å². The van der Waals surface area contributed by atoms with E-state index in [1.165, 1.54) is 12.1 Å². The topological polar surface area (TPSA) is 115 Å². The second-order valence-corrected chi connectivity index (χ2v) is 8.40. The summed E-state index contributed by atoms with van der Waals surface area (Å²) < 4.78 is 0. The highest BCUT2D eigenvalue weighted by atomic mass is 16.6. The minimum absolute atomic E-state index is 0.0605. The summed E-state index contributed by atoms with van der Waals surface area (Å²) in [5.41, 5.74) is 7.23. The predicted octanol–water partition coefficient (Wildman–Crippen LogP) is 4.14. The fraction of sp³-hybridized carbons (Fsp3) is 0.103. The van der Waals surface area contributed by atoms with Crippen molar-refractivity contribution < 1.29 is 14.5 Å². The Morgan fingerprint density at radius 1 is 0.750 bits per heavy atom. The summed E-state index contributed by atoms with van der Waals surface area (Å²) in [6.07, 6.45) is 0.0908. The van der Waals surface area contributed by atoms with Crippen molar-refractivity contribution in [3.63, 3.8) is 0 Å². The highest BCUT2D eigenvalue weighted by molar-refractivity contribution is 5.98. The second-order valence-electron chi connectivity index (χ2n) is 8.40. The summed E-state index contributed by atoms with van der Waals surface area (Å²) in [5, 5.41) is 13.9. The molecule has 3 N–H and O–H groups in total. The highest BCUT2D eigenvalue weighted by Crippen LogP contribution is 2.39. The third-order valence-corrected chi connectivity index (χ3v) is 6.20. The molecule has 1 atom stereocenters. The number of primary amides is 1. The quantitative estimate of drug-likeness (QED) is 0.213. The molecule has 0 heterocycles. The number of non-ortho nitro benzene ring substituents is 1. The number of amides is 2. The van der Waals surface area contributed by atoms with Crippen LogP contribution < -0.4 is 11.1 Å². The van der Waals surface area contributed by atoms with Crippen LogP contribution in [0.5, 0.6) is 0 Å². The largest absolute Gasteiger partial charge is 0.368 e. The van der Waals surface area contributed by atoms with E-state index in [1.807, 2.05) is 91.0 Å². The first kappa shape index (κ1) is 24.3. The Bertz CT molecular complexity index is 1250. The number of hydrogen-bond donors (Lipinski definition) is 2. The molecular formula is C29H25N3O4. The minimum Gasteiger partial charge on any atom is -0.368 e. The summed E-state index contributed by atoms with van der Waals surface area (Å²) in [6.45, 7) is 0. The molecule has 0 saturated carbocycles. The summed E-state index contributed by atoms with van der Waals surface area (Å²) in [7, 11) is 0. The van der Waals surface area contributed by atoms with Gasteiger partial charge in [0.2, 0.25) is 11.8 Å². The third-order valence-electron chi connectivity index (χ3n) is 6.20. The molecule has 4 aromatic carbocycles. The Kier molecular flexibility index (Phi) is 7.20. The molecule has 4 rings (SSSR count). The number of nitro benzene ring substituents is 1. The van der Waals surface area contributed by atoms with Gasteiger partial charge in [0.05, 0.1) is 4.92 Å². The van der Waals surface area contributed by atoms with Gasteiger partial charge in [-0.25, -0.2) is 0 Å². The Morgan fingerprint density at radius 3 is 1.53 bits per heavy atom. The lowest BCUT2D eigenvalue weighted by Gasteiger charge is -2.35. The molecule has 180 valence electrons. The predicted molar refractivity (Wildman–Crippen MR) is 137 cm³/mol. The van der Waals surface area contributed by atoms with Gasteiger partial charge in [0, 0.05) is 18.6 Å². The molecule has 0 aliphatic rings. The maximum atomic E-state index is 14.3. The van der Waals surface area contributed by atoms with Gasteiger partial charge in [0.1, 0.15) is 11.5 Å². The summed E-state index contributed by atoms with van der Waals surface area (Å²) >= 11 is 0. The molecule has 0 bridgehead atoms. The average Bonchev–Trinajstić information content (AvgIpc) is 2.91. The number of rotatable bonds is 9. The second kappa shape index (κ2) is 10.7. The molecule has 0 unspecified atom stereocenters. The molecular weight excluding hydrogens is 454 g/mol. The van der Waals surface area contributed by atoms with Crippen molar-refractivity contribution in [1.82, 2.24) is 5.32 Å². The number of hydrogen-bond acceptors (Lipinski definition) is 4. The van der Waals surface area contributed by atoms with Gasteiger partial charge in [-0.3, -0.25) is 19.7 Å². The van der Waals surface area contributed by atoms with Gasteiger partial charge in [-0.2, -0.15) is 0 Å². The van der Waals surface area contributed by atoms with Gasteiger partial charge in [-0.1, -0.05) is 103 Å². The number of nitrogens with two attached hydrogens (primary N) is 1. The lowest BCUT2D eigenvalue weighted by molar-refractivity contribution is -0.384. The van der Waals surface area contributed by atoms with Gasteiger partial charge in [-0.05, 0) is 22.3 Å². The smallest absolute Gasteiger partial charge is 0.269 e. The van der Waals surface area contributed by atoms with Crippen molar-refractivity contribution in [2.45, 2.75) is 17.9 Å². The number of nitro groups is 1. The molecule has 2 amide bonds. The van der Waals surface area contributed by atoms with Crippen LogP contribution in [-0.4, -0.2) is 22.8 Å². The number of nitrogens with zero attached hydrogens (tertiary/aromatic N) is 1. The van der Waals surface area contributed by atoms with Crippen LogP contribution in [0.4, 0.5) is 5.69 Å². The normalized spacial score (nSPS) is 11.9. The van der Waals surface area contributed by atoms with Crippen molar-refractivity contribution >= 4 is 17.5 Å². The van der Waals surface area contributed by atoms with E-state index >= 15 is 0 Å².